The molecule has 2 amide bonds. The van der Waals surface area contributed by atoms with E-state index in [0.29, 0.717) is 23.6 Å². The van der Waals surface area contributed by atoms with Gasteiger partial charge in [0.2, 0.25) is 0 Å². The fourth-order valence-corrected chi connectivity index (χ4v) is 3.46. The van der Waals surface area contributed by atoms with E-state index >= 15 is 0 Å². The largest absolute Gasteiger partial charge is 0.467 e. The minimum atomic E-state index is -0.314. The van der Waals surface area contributed by atoms with Crippen LogP contribution in [0.1, 0.15) is 18.2 Å². The van der Waals surface area contributed by atoms with E-state index < -0.39 is 0 Å². The topological polar surface area (TPSA) is 53.8 Å². The quantitative estimate of drug-likeness (QED) is 0.612. The number of hydrogen-bond acceptors (Lipinski definition) is 4. The number of imide groups is 1. The molecule has 0 bridgehead atoms. The summed E-state index contributed by atoms with van der Waals surface area (Å²) >= 11 is 0. The second-order valence-corrected chi connectivity index (χ2v) is 6.45. The van der Waals surface area contributed by atoms with Crippen LogP contribution in [0.2, 0.25) is 0 Å². The summed E-state index contributed by atoms with van der Waals surface area (Å²) in [5, 5.41) is 0. The number of benzene rings is 2. The highest BCUT2D eigenvalue weighted by atomic mass is 16.3. The number of hydrogen-bond donors (Lipinski definition) is 0. The summed E-state index contributed by atoms with van der Waals surface area (Å²) in [5.41, 5.74) is 2.42. The lowest BCUT2D eigenvalue weighted by molar-refractivity contribution is -0.137. The van der Waals surface area contributed by atoms with Crippen molar-refractivity contribution >= 4 is 23.1 Å². The van der Waals surface area contributed by atoms with Gasteiger partial charge in [-0.3, -0.25) is 14.5 Å². The minimum absolute atomic E-state index is 0.108. The van der Waals surface area contributed by atoms with Gasteiger partial charge in [-0.2, -0.15) is 0 Å². The monoisotopic (exact) mass is 372 g/mol. The van der Waals surface area contributed by atoms with E-state index in [0.717, 1.165) is 11.3 Å². The van der Waals surface area contributed by atoms with Crippen molar-refractivity contribution in [2.75, 3.05) is 11.4 Å². The first-order valence-electron chi connectivity index (χ1n) is 9.21. The Morgan fingerprint density at radius 1 is 0.857 bits per heavy atom. The van der Waals surface area contributed by atoms with Crippen molar-refractivity contribution in [3.8, 4) is 0 Å². The average molecular weight is 372 g/mol. The van der Waals surface area contributed by atoms with Gasteiger partial charge >= 0.3 is 0 Å². The Balaban J connectivity index is 1.83. The van der Waals surface area contributed by atoms with Crippen LogP contribution in [0, 0.1) is 0 Å². The maximum atomic E-state index is 13.4. The Morgan fingerprint density at radius 2 is 1.54 bits per heavy atom. The predicted octanol–water partition coefficient (Wildman–Crippen LogP) is 4.09. The van der Waals surface area contributed by atoms with Crippen molar-refractivity contribution in [2.24, 2.45) is 0 Å². The number of nitrogens with zero attached hydrogens (tertiary/aromatic N) is 2. The van der Waals surface area contributed by atoms with Gasteiger partial charge in [0, 0.05) is 12.2 Å². The molecule has 0 fully saturated rings. The number of carbonyl (C=O) groups is 2. The van der Waals surface area contributed by atoms with Gasteiger partial charge in [0.25, 0.3) is 11.8 Å². The summed E-state index contributed by atoms with van der Waals surface area (Å²) in [7, 11) is 0. The summed E-state index contributed by atoms with van der Waals surface area (Å²) in [6.07, 6.45) is 1.54. The van der Waals surface area contributed by atoms with Crippen molar-refractivity contribution in [3.05, 3.63) is 96.1 Å². The number of likely N-dealkylation sites (N-methyl/N-ethyl adjacent to an activating group) is 1. The molecule has 28 heavy (non-hydrogen) atoms. The van der Waals surface area contributed by atoms with Gasteiger partial charge in [-0.15, -0.1) is 0 Å². The number of para-hydroxylation sites is 1. The summed E-state index contributed by atoms with van der Waals surface area (Å²) in [6, 6.07) is 22.5. The second-order valence-electron chi connectivity index (χ2n) is 6.45. The third kappa shape index (κ3) is 3.11. The van der Waals surface area contributed by atoms with Crippen molar-refractivity contribution in [1.29, 1.82) is 0 Å². The van der Waals surface area contributed by atoms with Gasteiger partial charge in [-0.1, -0.05) is 48.5 Å². The van der Waals surface area contributed by atoms with E-state index in [2.05, 4.69) is 0 Å². The van der Waals surface area contributed by atoms with Crippen LogP contribution in [-0.4, -0.2) is 23.3 Å². The summed E-state index contributed by atoms with van der Waals surface area (Å²) in [4.78, 5) is 29.8. The highest BCUT2D eigenvalue weighted by Crippen LogP contribution is 2.34. The zero-order valence-electron chi connectivity index (χ0n) is 15.5. The fourth-order valence-electron chi connectivity index (χ4n) is 3.46. The maximum absolute atomic E-state index is 13.4. The van der Waals surface area contributed by atoms with Crippen LogP contribution in [0.15, 0.2) is 89.2 Å². The molecule has 5 nitrogen and oxygen atoms in total. The van der Waals surface area contributed by atoms with Gasteiger partial charge in [0.05, 0.1) is 18.4 Å². The molecule has 0 radical (unpaired) electrons. The zero-order chi connectivity index (χ0) is 19.5. The lowest BCUT2D eigenvalue weighted by Gasteiger charge is -2.24. The van der Waals surface area contributed by atoms with Gasteiger partial charge < -0.3 is 9.32 Å². The number of carbonyl (C=O) groups excluding carboxylic acids is 2. The molecule has 3 aromatic rings. The molecule has 0 N–H and O–H groups in total. The van der Waals surface area contributed by atoms with E-state index in [-0.39, 0.29) is 18.4 Å². The summed E-state index contributed by atoms with van der Waals surface area (Å²) < 4.78 is 5.36. The Hall–Kier alpha value is -3.60. The molecule has 2 heterocycles. The molecule has 5 heteroatoms. The summed E-state index contributed by atoms with van der Waals surface area (Å²) in [5.74, 6) is -0.0546. The first kappa shape index (κ1) is 17.8. The van der Waals surface area contributed by atoms with Crippen LogP contribution in [-0.2, 0) is 16.1 Å². The Bertz CT molecular complexity index is 1010. The van der Waals surface area contributed by atoms with Gasteiger partial charge in [0.1, 0.15) is 11.5 Å². The Morgan fingerprint density at radius 3 is 2.14 bits per heavy atom. The van der Waals surface area contributed by atoms with Crippen LogP contribution in [0.3, 0.4) is 0 Å². The van der Waals surface area contributed by atoms with Gasteiger partial charge in [0.15, 0.2) is 0 Å². The smallest absolute Gasteiger partial charge is 0.278 e. The van der Waals surface area contributed by atoms with E-state index in [9.17, 15) is 9.59 Å². The average Bonchev–Trinajstić information content (AvgIpc) is 3.33. The van der Waals surface area contributed by atoms with Crippen LogP contribution in [0.25, 0.3) is 5.57 Å². The molecular formula is C23H20N2O3. The highest BCUT2D eigenvalue weighted by Gasteiger charge is 2.41. The van der Waals surface area contributed by atoms with Crippen molar-refractivity contribution in [2.45, 2.75) is 13.5 Å². The number of amides is 2. The third-order valence-corrected chi connectivity index (χ3v) is 4.75. The normalized spacial score (nSPS) is 14.1. The second kappa shape index (κ2) is 7.56. The van der Waals surface area contributed by atoms with Gasteiger partial charge in [-0.25, -0.2) is 0 Å². The van der Waals surface area contributed by atoms with E-state index in [1.807, 2.05) is 72.5 Å². The molecule has 1 aromatic heterocycles. The predicted molar refractivity (Wildman–Crippen MR) is 107 cm³/mol. The van der Waals surface area contributed by atoms with Gasteiger partial charge in [-0.05, 0) is 36.8 Å². The van der Waals surface area contributed by atoms with Crippen molar-refractivity contribution in [1.82, 2.24) is 4.90 Å². The fraction of sp³-hybridized carbons (Fsp3) is 0.130. The molecule has 1 aliphatic heterocycles. The summed E-state index contributed by atoms with van der Waals surface area (Å²) in [6.45, 7) is 2.63. The molecule has 2 aromatic carbocycles. The molecule has 0 spiro atoms. The zero-order valence-corrected chi connectivity index (χ0v) is 15.5. The molecule has 4 rings (SSSR count). The Kier molecular flexibility index (Phi) is 4.81. The highest BCUT2D eigenvalue weighted by molar-refractivity contribution is 6.36. The van der Waals surface area contributed by atoms with Crippen molar-refractivity contribution in [3.63, 3.8) is 0 Å². The molecule has 0 atom stereocenters. The lowest BCUT2D eigenvalue weighted by atomic mass is 10.0. The van der Waals surface area contributed by atoms with Crippen LogP contribution < -0.4 is 4.90 Å². The standard InChI is InChI=1S/C23H20N2O3/c1-2-24(18-12-7-4-8-13-18)21-20(17-10-5-3-6-11-17)22(26)25(23(21)27)16-19-14-9-15-28-19/h3-15H,2,16H2,1H3. The molecular weight excluding hydrogens is 352 g/mol. The first-order valence-corrected chi connectivity index (χ1v) is 9.21. The number of rotatable bonds is 6. The molecule has 140 valence electrons. The molecule has 0 saturated carbocycles. The van der Waals surface area contributed by atoms with Crippen LogP contribution >= 0.6 is 0 Å². The SMILES string of the molecule is CCN(C1=C(c2ccccc2)C(=O)N(Cc2ccco2)C1=O)c1ccccc1. The molecule has 0 unspecified atom stereocenters. The number of anilines is 1. The van der Waals surface area contributed by atoms with Crippen LogP contribution in [0.4, 0.5) is 5.69 Å². The van der Waals surface area contributed by atoms with Crippen molar-refractivity contribution < 1.29 is 14.0 Å². The van der Waals surface area contributed by atoms with Crippen LogP contribution in [0.5, 0.6) is 0 Å². The Labute approximate surface area is 163 Å². The molecule has 0 aliphatic carbocycles. The molecule has 1 aliphatic rings. The molecule has 0 saturated heterocycles. The third-order valence-electron chi connectivity index (χ3n) is 4.75. The van der Waals surface area contributed by atoms with E-state index in [1.165, 1.54) is 11.2 Å². The first-order chi connectivity index (χ1) is 13.7. The van der Waals surface area contributed by atoms with E-state index in [1.54, 1.807) is 12.1 Å². The minimum Gasteiger partial charge on any atom is -0.467 e. The number of furan rings is 1. The maximum Gasteiger partial charge on any atom is 0.278 e. The van der Waals surface area contributed by atoms with E-state index in [4.69, 9.17) is 4.42 Å². The lowest BCUT2D eigenvalue weighted by Crippen LogP contribution is -2.34.